The highest BCUT2D eigenvalue weighted by molar-refractivity contribution is 7.13. The Morgan fingerprint density at radius 3 is 2.68 bits per heavy atom. The number of hydrogen-bond donors (Lipinski definition) is 2. The van der Waals surface area contributed by atoms with E-state index in [0.29, 0.717) is 34.1 Å². The van der Waals surface area contributed by atoms with Crippen molar-refractivity contribution in [1.82, 2.24) is 4.98 Å². The van der Waals surface area contributed by atoms with Crippen LogP contribution >= 0.6 is 11.3 Å². The van der Waals surface area contributed by atoms with Crippen LogP contribution in [0.25, 0.3) is 10.8 Å². The molecule has 0 spiro atoms. The molecule has 2 aromatic heterocycles. The summed E-state index contributed by atoms with van der Waals surface area (Å²) in [7, 11) is 0. The van der Waals surface area contributed by atoms with Crippen LogP contribution in [0.1, 0.15) is 21.8 Å². The number of aryl methyl sites for hydroxylation is 1. The van der Waals surface area contributed by atoms with E-state index in [9.17, 15) is 14.4 Å². The monoisotopic (exact) mass is 472 g/mol. The number of aromatic nitrogens is 1. The number of carbonyl (C=O) groups excluding carboxylic acids is 3. The number of para-hydroxylation sites is 2. The van der Waals surface area contributed by atoms with Gasteiger partial charge in [-0.15, -0.1) is 11.3 Å². The molecule has 0 saturated carbocycles. The number of anilines is 3. The van der Waals surface area contributed by atoms with Gasteiger partial charge in [-0.1, -0.05) is 12.1 Å². The number of amides is 3. The highest BCUT2D eigenvalue weighted by Gasteiger charge is 2.27. The first-order chi connectivity index (χ1) is 16.5. The molecule has 4 aromatic rings. The Hall–Kier alpha value is -4.24. The van der Waals surface area contributed by atoms with Crippen LogP contribution in [0.5, 0.6) is 0 Å². The maximum absolute atomic E-state index is 13.0. The standard InChI is InChI=1S/C25H20N4O4S/c1-15-6-11-21(33-15)24-27-18(14-34-24)12-22(30)26-17-9-7-16(8-10-17)25(32)29-13-23(31)28-19-4-2-3-5-20(19)29/h2-11,14H,12-13H2,1H3,(H,26,30)(H,28,31). The third-order valence-corrected chi connectivity index (χ3v) is 6.18. The predicted molar refractivity (Wildman–Crippen MR) is 130 cm³/mol. The van der Waals surface area contributed by atoms with Gasteiger partial charge in [0.05, 0.1) is 23.5 Å². The second-order valence-electron chi connectivity index (χ2n) is 7.81. The first-order valence-corrected chi connectivity index (χ1v) is 11.5. The lowest BCUT2D eigenvalue weighted by atomic mass is 10.1. The number of furan rings is 1. The van der Waals surface area contributed by atoms with Crippen LogP contribution in [0.4, 0.5) is 17.1 Å². The van der Waals surface area contributed by atoms with Crippen LogP contribution in [0.2, 0.25) is 0 Å². The fourth-order valence-corrected chi connectivity index (χ4v) is 4.47. The molecule has 1 aliphatic heterocycles. The lowest BCUT2D eigenvalue weighted by Crippen LogP contribution is -2.42. The molecular weight excluding hydrogens is 452 g/mol. The molecule has 170 valence electrons. The predicted octanol–water partition coefficient (Wildman–Crippen LogP) is 4.49. The maximum atomic E-state index is 13.0. The molecule has 5 rings (SSSR count). The lowest BCUT2D eigenvalue weighted by molar-refractivity contribution is -0.116. The third-order valence-electron chi connectivity index (χ3n) is 5.28. The van der Waals surface area contributed by atoms with Crippen molar-refractivity contribution in [2.24, 2.45) is 0 Å². The van der Waals surface area contributed by atoms with E-state index in [-0.39, 0.29) is 30.7 Å². The molecular formula is C25H20N4O4S. The summed E-state index contributed by atoms with van der Waals surface area (Å²) in [6.07, 6.45) is 0.122. The van der Waals surface area contributed by atoms with Crippen LogP contribution in [0.15, 0.2) is 70.5 Å². The molecule has 0 aliphatic carbocycles. The number of fused-ring (bicyclic) bond motifs is 1. The summed E-state index contributed by atoms with van der Waals surface area (Å²) < 4.78 is 5.58. The molecule has 3 heterocycles. The van der Waals surface area contributed by atoms with Gasteiger partial charge in [0.1, 0.15) is 12.3 Å². The minimum Gasteiger partial charge on any atom is -0.459 e. The first-order valence-electron chi connectivity index (χ1n) is 10.6. The van der Waals surface area contributed by atoms with Gasteiger partial charge in [-0.2, -0.15) is 0 Å². The van der Waals surface area contributed by atoms with Crippen molar-refractivity contribution in [2.75, 3.05) is 22.1 Å². The summed E-state index contributed by atoms with van der Waals surface area (Å²) in [5, 5.41) is 8.16. The zero-order chi connectivity index (χ0) is 23.7. The topological polar surface area (TPSA) is 105 Å². The van der Waals surface area contributed by atoms with Gasteiger partial charge in [0.25, 0.3) is 5.91 Å². The zero-order valence-electron chi connectivity index (χ0n) is 18.2. The minimum atomic E-state index is -0.289. The SMILES string of the molecule is Cc1ccc(-c2nc(CC(=O)Nc3ccc(C(=O)N4CC(=O)Nc5ccccc54)cc3)cs2)o1. The van der Waals surface area contributed by atoms with Crippen molar-refractivity contribution in [3.05, 3.63) is 83.1 Å². The quantitative estimate of drug-likeness (QED) is 0.445. The van der Waals surface area contributed by atoms with Gasteiger partial charge in [0.2, 0.25) is 11.8 Å². The number of benzene rings is 2. The second-order valence-corrected chi connectivity index (χ2v) is 8.67. The smallest absolute Gasteiger partial charge is 0.258 e. The Morgan fingerprint density at radius 2 is 1.91 bits per heavy atom. The van der Waals surface area contributed by atoms with E-state index in [1.165, 1.54) is 16.2 Å². The fourth-order valence-electron chi connectivity index (χ4n) is 3.69. The molecule has 0 atom stereocenters. The number of carbonyl (C=O) groups is 3. The third kappa shape index (κ3) is 4.46. The van der Waals surface area contributed by atoms with Crippen molar-refractivity contribution >= 4 is 46.1 Å². The second kappa shape index (κ2) is 8.95. The molecule has 0 saturated heterocycles. The van der Waals surface area contributed by atoms with Crippen molar-refractivity contribution in [3.8, 4) is 10.8 Å². The van der Waals surface area contributed by atoms with Crippen LogP contribution in [-0.2, 0) is 16.0 Å². The Bertz CT molecular complexity index is 1390. The van der Waals surface area contributed by atoms with E-state index in [0.717, 1.165) is 10.8 Å². The van der Waals surface area contributed by atoms with Crippen molar-refractivity contribution in [2.45, 2.75) is 13.3 Å². The number of hydrogen-bond acceptors (Lipinski definition) is 6. The van der Waals surface area contributed by atoms with Gasteiger partial charge < -0.3 is 15.1 Å². The molecule has 2 aromatic carbocycles. The molecule has 2 N–H and O–H groups in total. The Balaban J connectivity index is 1.23. The molecule has 34 heavy (non-hydrogen) atoms. The van der Waals surface area contributed by atoms with Gasteiger partial charge in [-0.25, -0.2) is 4.98 Å². The highest BCUT2D eigenvalue weighted by atomic mass is 32.1. The van der Waals surface area contributed by atoms with E-state index in [4.69, 9.17) is 4.42 Å². The van der Waals surface area contributed by atoms with Crippen LogP contribution < -0.4 is 15.5 Å². The lowest BCUT2D eigenvalue weighted by Gasteiger charge is -2.29. The zero-order valence-corrected chi connectivity index (χ0v) is 19.0. The van der Waals surface area contributed by atoms with Crippen LogP contribution in [0, 0.1) is 6.92 Å². The molecule has 0 fully saturated rings. The Kier molecular flexibility index (Phi) is 5.69. The van der Waals surface area contributed by atoms with Gasteiger partial charge in [0, 0.05) is 16.6 Å². The largest absolute Gasteiger partial charge is 0.459 e. The fraction of sp³-hybridized carbons (Fsp3) is 0.120. The van der Waals surface area contributed by atoms with Gasteiger partial charge in [-0.05, 0) is 55.5 Å². The Morgan fingerprint density at radius 1 is 1.12 bits per heavy atom. The van der Waals surface area contributed by atoms with E-state index in [1.54, 1.807) is 42.5 Å². The van der Waals surface area contributed by atoms with Crippen LogP contribution in [-0.4, -0.2) is 29.3 Å². The van der Waals surface area contributed by atoms with E-state index < -0.39 is 0 Å². The average Bonchev–Trinajstić information content (AvgIpc) is 3.47. The van der Waals surface area contributed by atoms with E-state index in [1.807, 2.05) is 30.5 Å². The molecule has 1 aliphatic rings. The van der Waals surface area contributed by atoms with Crippen LogP contribution in [0.3, 0.4) is 0 Å². The first kappa shape index (κ1) is 21.6. The summed E-state index contributed by atoms with van der Waals surface area (Å²) in [5.74, 6) is 0.738. The van der Waals surface area contributed by atoms with Gasteiger partial charge in [0.15, 0.2) is 10.8 Å². The number of rotatable bonds is 5. The minimum absolute atomic E-state index is 0.0540. The van der Waals surface area contributed by atoms with Crippen molar-refractivity contribution in [3.63, 3.8) is 0 Å². The molecule has 3 amide bonds. The summed E-state index contributed by atoms with van der Waals surface area (Å²) >= 11 is 1.42. The number of thiazole rings is 1. The number of nitrogens with one attached hydrogen (secondary N) is 2. The van der Waals surface area contributed by atoms with E-state index >= 15 is 0 Å². The summed E-state index contributed by atoms with van der Waals surface area (Å²) in [6, 6.07) is 17.5. The summed E-state index contributed by atoms with van der Waals surface area (Å²) in [4.78, 5) is 43.5. The van der Waals surface area contributed by atoms with E-state index in [2.05, 4.69) is 15.6 Å². The van der Waals surface area contributed by atoms with Crippen molar-refractivity contribution < 1.29 is 18.8 Å². The maximum Gasteiger partial charge on any atom is 0.258 e. The van der Waals surface area contributed by atoms with Gasteiger partial charge >= 0.3 is 0 Å². The summed E-state index contributed by atoms with van der Waals surface area (Å²) in [6.45, 7) is 1.81. The van der Waals surface area contributed by atoms with Gasteiger partial charge in [-0.3, -0.25) is 19.3 Å². The molecule has 0 bridgehead atoms. The normalized spacial score (nSPS) is 12.7. The molecule has 0 radical (unpaired) electrons. The number of nitrogens with zero attached hydrogens (tertiary/aromatic N) is 2. The Labute approximate surface area is 199 Å². The average molecular weight is 473 g/mol. The summed E-state index contributed by atoms with van der Waals surface area (Å²) in [5.41, 5.74) is 2.89. The highest BCUT2D eigenvalue weighted by Crippen LogP contribution is 2.30. The molecule has 9 heteroatoms. The molecule has 0 unspecified atom stereocenters. The molecule has 8 nitrogen and oxygen atoms in total. The van der Waals surface area contributed by atoms with Crippen molar-refractivity contribution in [1.29, 1.82) is 0 Å².